The number of hydrogen-bond acceptors (Lipinski definition) is 8. The van der Waals surface area contributed by atoms with Gasteiger partial charge in [-0.1, -0.05) is 66.7 Å². The molecule has 3 aliphatic heterocycles. The molecule has 0 radical (unpaired) electrons. The molecule has 3 unspecified atom stereocenters. The number of fused-ring (bicyclic) bond motifs is 4. The number of nitrogens with one attached hydrogen (secondary N) is 3. The third-order valence-corrected chi connectivity index (χ3v) is 10.4. The molecule has 0 aliphatic carbocycles. The van der Waals surface area contributed by atoms with E-state index in [2.05, 4.69) is 45.6 Å². The molecule has 4 heterocycles. The van der Waals surface area contributed by atoms with E-state index in [-0.39, 0.29) is 23.5 Å². The van der Waals surface area contributed by atoms with Gasteiger partial charge in [0.2, 0.25) is 5.56 Å². The Morgan fingerprint density at radius 3 is 2.54 bits per heavy atom. The number of H-pyrrole nitrogens is 1. The van der Waals surface area contributed by atoms with Crippen LogP contribution in [0.4, 0.5) is 4.79 Å². The molecular formula is C42H46N4O6. The van der Waals surface area contributed by atoms with E-state index in [0.717, 1.165) is 61.2 Å². The molecule has 1 aromatic heterocycles. The Balaban J connectivity index is 0.933. The van der Waals surface area contributed by atoms with Crippen LogP contribution in [0, 0.1) is 12.8 Å². The first kappa shape index (κ1) is 35.3. The number of carbonyl (C=O) groups excluding carboxylic acids is 1. The fourth-order valence-electron chi connectivity index (χ4n) is 7.49. The van der Waals surface area contributed by atoms with Gasteiger partial charge in [0, 0.05) is 24.5 Å². The molecule has 3 atom stereocenters. The molecule has 10 nitrogen and oxygen atoms in total. The number of nitrogens with zero attached hydrogens (tertiary/aromatic N) is 1. The predicted octanol–water partition coefficient (Wildman–Crippen LogP) is 5.90. The van der Waals surface area contributed by atoms with E-state index < -0.39 is 12.2 Å². The van der Waals surface area contributed by atoms with Gasteiger partial charge in [-0.3, -0.25) is 9.69 Å². The number of ether oxygens (including phenoxy) is 2. The quantitative estimate of drug-likeness (QED) is 0.0959. The van der Waals surface area contributed by atoms with Gasteiger partial charge in [0.15, 0.2) is 0 Å². The van der Waals surface area contributed by atoms with Gasteiger partial charge in [-0.15, -0.1) is 0 Å². The lowest BCUT2D eigenvalue weighted by Gasteiger charge is -2.43. The van der Waals surface area contributed by atoms with Crippen molar-refractivity contribution < 1.29 is 24.5 Å². The summed E-state index contributed by atoms with van der Waals surface area (Å²) in [5.74, 6) is 1.12. The molecule has 10 heteroatoms. The first-order chi connectivity index (χ1) is 25.3. The molecule has 3 aliphatic rings. The number of phenolic OH excluding ortho intramolecular Hbond substituents is 1. The SMILES string of the molecule is Cc1cc(CCNCC(O)c2ccc(O)c3[nH]c(=O)ccc23)ccc1COc1cccc(C(NC(=O)OC2CN3CCC2CC3)c2ccccc2)c1. The predicted molar refractivity (Wildman–Crippen MR) is 201 cm³/mol. The Morgan fingerprint density at radius 2 is 1.77 bits per heavy atom. The Hall–Kier alpha value is -5.16. The number of aromatic amines is 1. The van der Waals surface area contributed by atoms with E-state index >= 15 is 0 Å². The van der Waals surface area contributed by atoms with Crippen molar-refractivity contribution in [1.29, 1.82) is 0 Å². The monoisotopic (exact) mass is 702 g/mol. The zero-order valence-corrected chi connectivity index (χ0v) is 29.4. The summed E-state index contributed by atoms with van der Waals surface area (Å²) in [6.07, 6.45) is 1.66. The normalized spacial score (nSPS) is 19.2. The highest BCUT2D eigenvalue weighted by Crippen LogP contribution is 2.31. The molecule has 3 fully saturated rings. The Labute approximate surface area is 303 Å². The summed E-state index contributed by atoms with van der Waals surface area (Å²) in [5, 5.41) is 28.1. The van der Waals surface area contributed by atoms with Gasteiger partial charge < -0.3 is 35.3 Å². The molecule has 5 aromatic rings. The maximum absolute atomic E-state index is 13.2. The number of aliphatic hydroxyl groups excluding tert-OH is 1. The third kappa shape index (κ3) is 8.31. The standard InChI is InChI=1S/C42H46N4O6/c1-27-22-28(16-19-43-24-37(48)34-12-14-36(47)41-35(34)13-15-39(49)44-41)10-11-32(27)26-51-33-9-5-8-31(23-33)40(30-6-3-2-4-7-30)45-42(50)52-38-25-46-20-17-29(38)18-21-46/h2-15,22-23,29,37-38,40,43,47-48H,16-21,24-26H2,1H3,(H,44,49)(H,45,50). The number of hydrogen-bond donors (Lipinski definition) is 5. The Bertz CT molecular complexity index is 2060. The van der Waals surface area contributed by atoms with Crippen LogP contribution in [-0.2, 0) is 17.8 Å². The number of phenols is 1. The smallest absolute Gasteiger partial charge is 0.408 e. The van der Waals surface area contributed by atoms with Crippen molar-refractivity contribution in [3.05, 3.63) is 141 Å². The highest BCUT2D eigenvalue weighted by molar-refractivity contribution is 5.87. The number of rotatable bonds is 13. The third-order valence-electron chi connectivity index (χ3n) is 10.4. The molecule has 4 aromatic carbocycles. The number of pyridine rings is 1. The van der Waals surface area contributed by atoms with Gasteiger partial charge in [-0.25, -0.2) is 4.79 Å². The van der Waals surface area contributed by atoms with Gasteiger partial charge in [0.05, 0.1) is 17.7 Å². The Kier molecular flexibility index (Phi) is 10.9. The van der Waals surface area contributed by atoms with Gasteiger partial charge in [-0.05, 0) is 109 Å². The van der Waals surface area contributed by atoms with Crippen LogP contribution in [0.3, 0.4) is 0 Å². The van der Waals surface area contributed by atoms with Crippen LogP contribution >= 0.6 is 0 Å². The molecular weight excluding hydrogens is 656 g/mol. The van der Waals surface area contributed by atoms with E-state index in [1.807, 2.05) is 54.6 Å². The highest BCUT2D eigenvalue weighted by atomic mass is 16.6. The van der Waals surface area contributed by atoms with Crippen LogP contribution in [-0.4, -0.2) is 65.0 Å². The number of alkyl carbamates (subject to hydrolysis) is 1. The summed E-state index contributed by atoms with van der Waals surface area (Å²) in [5.41, 5.74) is 5.89. The molecule has 3 saturated heterocycles. The minimum absolute atomic E-state index is 0.0307. The number of piperidine rings is 3. The van der Waals surface area contributed by atoms with E-state index in [9.17, 15) is 19.8 Å². The number of aryl methyl sites for hydroxylation is 1. The van der Waals surface area contributed by atoms with E-state index in [1.165, 1.54) is 17.7 Å². The number of aromatic nitrogens is 1. The fraction of sp³-hybridized carbons (Fsp3) is 0.333. The largest absolute Gasteiger partial charge is 0.506 e. The Morgan fingerprint density at radius 1 is 0.962 bits per heavy atom. The summed E-state index contributed by atoms with van der Waals surface area (Å²) in [7, 11) is 0. The number of carbonyl (C=O) groups is 1. The van der Waals surface area contributed by atoms with Crippen molar-refractivity contribution in [1.82, 2.24) is 20.5 Å². The van der Waals surface area contributed by atoms with Crippen molar-refractivity contribution in [3.63, 3.8) is 0 Å². The molecule has 52 heavy (non-hydrogen) atoms. The highest BCUT2D eigenvalue weighted by Gasteiger charge is 2.37. The van der Waals surface area contributed by atoms with Crippen molar-refractivity contribution >= 4 is 17.0 Å². The second-order valence-electron chi connectivity index (χ2n) is 13.9. The first-order valence-corrected chi connectivity index (χ1v) is 18.1. The number of aliphatic hydroxyl groups is 1. The molecule has 270 valence electrons. The lowest BCUT2D eigenvalue weighted by atomic mass is 9.86. The molecule has 0 spiro atoms. The molecule has 5 N–H and O–H groups in total. The number of aromatic hydroxyl groups is 1. The van der Waals surface area contributed by atoms with Crippen LogP contribution in [0.15, 0.2) is 102 Å². The topological polar surface area (TPSA) is 136 Å². The van der Waals surface area contributed by atoms with E-state index in [0.29, 0.717) is 47.8 Å². The van der Waals surface area contributed by atoms with Gasteiger partial charge >= 0.3 is 6.09 Å². The van der Waals surface area contributed by atoms with Crippen LogP contribution < -0.4 is 20.9 Å². The maximum atomic E-state index is 13.2. The molecule has 8 rings (SSSR count). The zero-order valence-electron chi connectivity index (χ0n) is 29.4. The first-order valence-electron chi connectivity index (χ1n) is 18.1. The molecule has 0 saturated carbocycles. The van der Waals surface area contributed by atoms with Crippen molar-refractivity contribution in [2.75, 3.05) is 32.7 Å². The van der Waals surface area contributed by atoms with Crippen molar-refractivity contribution in [2.24, 2.45) is 5.92 Å². The van der Waals surface area contributed by atoms with Crippen LogP contribution in [0.25, 0.3) is 10.9 Å². The van der Waals surface area contributed by atoms with E-state index in [1.54, 1.807) is 12.1 Å². The number of amides is 1. The zero-order chi connectivity index (χ0) is 36.0. The summed E-state index contributed by atoms with van der Waals surface area (Å²) in [4.78, 5) is 30.0. The maximum Gasteiger partial charge on any atom is 0.408 e. The summed E-state index contributed by atoms with van der Waals surface area (Å²) in [6, 6.07) is 29.9. The summed E-state index contributed by atoms with van der Waals surface area (Å²) < 4.78 is 12.3. The summed E-state index contributed by atoms with van der Waals surface area (Å²) in [6.45, 7) is 6.45. The second-order valence-corrected chi connectivity index (χ2v) is 13.9. The van der Waals surface area contributed by atoms with Gasteiger partial charge in [0.25, 0.3) is 0 Å². The van der Waals surface area contributed by atoms with Gasteiger partial charge in [-0.2, -0.15) is 0 Å². The lowest BCUT2D eigenvalue weighted by molar-refractivity contribution is -0.0336. The van der Waals surface area contributed by atoms with Crippen LogP contribution in [0.1, 0.15) is 58.4 Å². The van der Waals surface area contributed by atoms with E-state index in [4.69, 9.17) is 9.47 Å². The molecule has 2 bridgehead atoms. The summed E-state index contributed by atoms with van der Waals surface area (Å²) >= 11 is 0. The van der Waals surface area contributed by atoms with Crippen LogP contribution in [0.2, 0.25) is 0 Å². The minimum atomic E-state index is -0.809. The second kappa shape index (κ2) is 16.0. The minimum Gasteiger partial charge on any atom is -0.506 e. The number of benzene rings is 4. The van der Waals surface area contributed by atoms with Crippen molar-refractivity contribution in [2.45, 2.75) is 51.0 Å². The fourth-order valence-corrected chi connectivity index (χ4v) is 7.49. The average Bonchev–Trinajstić information content (AvgIpc) is 3.16. The van der Waals surface area contributed by atoms with Crippen molar-refractivity contribution in [3.8, 4) is 11.5 Å². The average molecular weight is 703 g/mol. The van der Waals surface area contributed by atoms with Gasteiger partial charge in [0.1, 0.15) is 24.2 Å². The lowest BCUT2D eigenvalue weighted by Crippen LogP contribution is -2.52. The van der Waals surface area contributed by atoms with Crippen LogP contribution in [0.5, 0.6) is 11.5 Å². The molecule has 1 amide bonds.